The molecule has 0 amide bonds. The topological polar surface area (TPSA) is 129 Å². The van der Waals surface area contributed by atoms with Gasteiger partial charge in [-0.25, -0.2) is 0 Å². The van der Waals surface area contributed by atoms with Crippen LogP contribution in [0.15, 0.2) is 23.2 Å². The smallest absolute Gasteiger partial charge is 0.129 e. The predicted octanol–water partition coefficient (Wildman–Crippen LogP) is 5.02. The summed E-state index contributed by atoms with van der Waals surface area (Å²) in [5.74, 6) is 2.17. The summed E-state index contributed by atoms with van der Waals surface area (Å²) in [7, 11) is 1.69. The zero-order valence-corrected chi connectivity index (χ0v) is 25.6. The molecular weight excluding hydrogens is 480 g/mol. The molecule has 1 rings (SSSR count). The monoisotopic (exact) mass is 538 g/mol. The number of nitrogens with one attached hydrogen (secondary N) is 1. The van der Waals surface area contributed by atoms with Crippen molar-refractivity contribution in [1.29, 1.82) is 0 Å². The zero-order chi connectivity index (χ0) is 29.6. The molecule has 0 aromatic heterocycles. The van der Waals surface area contributed by atoms with E-state index in [2.05, 4.69) is 43.2 Å². The SMILES string of the molecule is CC.CCCC(C)=O.CCCC(CCC=O)C(N)=NC.Cc1ccc(OCCOCCNCCN)cc1C. The molecule has 1 aromatic carbocycles. The maximum absolute atomic E-state index is 10.1. The summed E-state index contributed by atoms with van der Waals surface area (Å²) in [5, 5.41) is 3.17. The van der Waals surface area contributed by atoms with Gasteiger partial charge in [-0.05, 0) is 63.3 Å². The molecule has 8 heteroatoms. The summed E-state index contributed by atoms with van der Waals surface area (Å²) in [6.45, 7) is 18.1. The first-order valence-electron chi connectivity index (χ1n) is 14.1. The highest BCUT2D eigenvalue weighted by Gasteiger charge is 2.10. The van der Waals surface area contributed by atoms with Gasteiger partial charge in [0.2, 0.25) is 0 Å². The molecule has 0 aliphatic heterocycles. The number of nitrogens with zero attached hydrogens (tertiary/aromatic N) is 1. The summed E-state index contributed by atoms with van der Waals surface area (Å²) < 4.78 is 11.0. The molecule has 222 valence electrons. The maximum Gasteiger partial charge on any atom is 0.129 e. The molecule has 0 aliphatic carbocycles. The van der Waals surface area contributed by atoms with Crippen molar-refractivity contribution in [1.82, 2.24) is 5.32 Å². The number of hydrogen-bond acceptors (Lipinski definition) is 7. The first-order chi connectivity index (χ1) is 18.3. The Bertz CT molecular complexity index is 711. The molecule has 0 radical (unpaired) electrons. The lowest BCUT2D eigenvalue weighted by Crippen LogP contribution is -2.26. The Morgan fingerprint density at radius 3 is 2.21 bits per heavy atom. The van der Waals surface area contributed by atoms with Crippen molar-refractivity contribution in [2.45, 2.75) is 87.0 Å². The number of ether oxygens (including phenoxy) is 2. The second kappa shape index (κ2) is 30.9. The number of carbonyl (C=O) groups excluding carboxylic acids is 2. The Labute approximate surface area is 233 Å². The number of aliphatic imine (C=N–C) groups is 1. The van der Waals surface area contributed by atoms with Gasteiger partial charge >= 0.3 is 0 Å². The van der Waals surface area contributed by atoms with Gasteiger partial charge in [0.05, 0.1) is 19.0 Å². The normalized spacial score (nSPS) is 11.0. The molecule has 0 fully saturated rings. The van der Waals surface area contributed by atoms with E-state index >= 15 is 0 Å². The maximum atomic E-state index is 10.1. The van der Waals surface area contributed by atoms with Gasteiger partial charge in [0.1, 0.15) is 24.4 Å². The fraction of sp³-hybridized carbons (Fsp3) is 0.700. The highest BCUT2D eigenvalue weighted by molar-refractivity contribution is 5.82. The zero-order valence-electron chi connectivity index (χ0n) is 25.6. The molecule has 0 heterocycles. The van der Waals surface area contributed by atoms with Crippen LogP contribution in [0.1, 0.15) is 84.3 Å². The van der Waals surface area contributed by atoms with Crippen molar-refractivity contribution in [3.8, 4) is 5.75 Å². The van der Waals surface area contributed by atoms with Gasteiger partial charge in [-0.2, -0.15) is 0 Å². The average Bonchev–Trinajstić information content (AvgIpc) is 2.91. The van der Waals surface area contributed by atoms with Crippen molar-refractivity contribution < 1.29 is 19.1 Å². The van der Waals surface area contributed by atoms with Gasteiger partial charge in [-0.1, -0.05) is 40.2 Å². The third kappa shape index (κ3) is 26.8. The Morgan fingerprint density at radius 1 is 1.05 bits per heavy atom. The number of Topliss-reactive ketones (excluding diaryl/α,β-unsaturated/α-hetero) is 1. The van der Waals surface area contributed by atoms with E-state index in [1.54, 1.807) is 14.0 Å². The van der Waals surface area contributed by atoms with Crippen LogP contribution in [0.2, 0.25) is 0 Å². The van der Waals surface area contributed by atoms with E-state index in [4.69, 9.17) is 20.9 Å². The van der Waals surface area contributed by atoms with Crippen LogP contribution in [0.5, 0.6) is 5.75 Å². The number of aryl methyl sites for hydroxylation is 2. The Balaban J connectivity index is -0.000000527. The van der Waals surface area contributed by atoms with E-state index in [-0.39, 0.29) is 5.78 Å². The minimum Gasteiger partial charge on any atom is -0.491 e. The van der Waals surface area contributed by atoms with Crippen LogP contribution in [0, 0.1) is 19.8 Å². The molecule has 38 heavy (non-hydrogen) atoms. The molecule has 5 N–H and O–H groups in total. The third-order valence-electron chi connectivity index (χ3n) is 5.27. The number of aldehydes is 1. The molecular formula is C30H58N4O4. The number of carbonyl (C=O) groups is 2. The average molecular weight is 539 g/mol. The second-order valence-corrected chi connectivity index (χ2v) is 8.58. The minimum atomic E-state index is 0.289. The first-order valence-corrected chi connectivity index (χ1v) is 14.1. The third-order valence-corrected chi connectivity index (χ3v) is 5.27. The Hall–Kier alpha value is -2.29. The van der Waals surface area contributed by atoms with Gasteiger partial charge in [0, 0.05) is 45.4 Å². The van der Waals surface area contributed by atoms with Crippen LogP contribution in [0.3, 0.4) is 0 Å². The highest BCUT2D eigenvalue weighted by atomic mass is 16.5. The number of nitrogens with two attached hydrogens (primary N) is 2. The van der Waals surface area contributed by atoms with E-state index in [0.29, 0.717) is 44.5 Å². The predicted molar refractivity (Wildman–Crippen MR) is 162 cm³/mol. The van der Waals surface area contributed by atoms with E-state index in [1.165, 1.54) is 11.1 Å². The van der Waals surface area contributed by atoms with Crippen LogP contribution >= 0.6 is 0 Å². The van der Waals surface area contributed by atoms with Crippen molar-refractivity contribution >= 4 is 17.9 Å². The van der Waals surface area contributed by atoms with Crippen LogP contribution in [-0.4, -0.2) is 64.4 Å². The van der Waals surface area contributed by atoms with E-state index in [1.807, 2.05) is 26.8 Å². The van der Waals surface area contributed by atoms with Crippen LogP contribution in [0.4, 0.5) is 0 Å². The molecule has 1 unspecified atom stereocenters. The summed E-state index contributed by atoms with van der Waals surface area (Å²) in [6, 6.07) is 6.12. The van der Waals surface area contributed by atoms with E-state index in [0.717, 1.165) is 57.2 Å². The summed E-state index contributed by atoms with van der Waals surface area (Å²) >= 11 is 0. The van der Waals surface area contributed by atoms with Gasteiger partial charge in [-0.3, -0.25) is 4.99 Å². The molecule has 0 spiro atoms. The number of hydrogen-bond donors (Lipinski definition) is 3. The van der Waals surface area contributed by atoms with Crippen molar-refractivity contribution in [2.24, 2.45) is 22.4 Å². The van der Waals surface area contributed by atoms with Crippen LogP contribution < -0.4 is 21.5 Å². The molecule has 0 saturated carbocycles. The lowest BCUT2D eigenvalue weighted by molar-refractivity contribution is -0.117. The minimum absolute atomic E-state index is 0.289. The van der Waals surface area contributed by atoms with Crippen molar-refractivity contribution in [3.63, 3.8) is 0 Å². The number of benzene rings is 1. The molecule has 0 saturated heterocycles. The van der Waals surface area contributed by atoms with E-state index in [9.17, 15) is 9.59 Å². The summed E-state index contributed by atoms with van der Waals surface area (Å²) in [4.78, 5) is 24.1. The lowest BCUT2D eigenvalue weighted by Gasteiger charge is -2.13. The molecule has 1 aromatic rings. The quantitative estimate of drug-likeness (QED) is 0.110. The van der Waals surface area contributed by atoms with Gasteiger partial charge in [0.15, 0.2) is 0 Å². The fourth-order valence-electron chi connectivity index (χ4n) is 3.09. The first kappa shape index (κ1) is 40.2. The Kier molecular flexibility index (Phi) is 32.7. The van der Waals surface area contributed by atoms with Gasteiger partial charge < -0.3 is 35.8 Å². The lowest BCUT2D eigenvalue weighted by atomic mass is 9.97. The van der Waals surface area contributed by atoms with Crippen LogP contribution in [0.25, 0.3) is 0 Å². The largest absolute Gasteiger partial charge is 0.491 e. The fourth-order valence-corrected chi connectivity index (χ4v) is 3.09. The Morgan fingerprint density at radius 2 is 1.74 bits per heavy atom. The van der Waals surface area contributed by atoms with Crippen LogP contribution in [-0.2, 0) is 14.3 Å². The summed E-state index contributed by atoms with van der Waals surface area (Å²) in [6.07, 6.45) is 6.18. The van der Waals surface area contributed by atoms with Crippen molar-refractivity contribution in [2.75, 3.05) is 46.5 Å². The van der Waals surface area contributed by atoms with Gasteiger partial charge in [-0.15, -0.1) is 0 Å². The molecule has 0 bridgehead atoms. The van der Waals surface area contributed by atoms with E-state index < -0.39 is 0 Å². The molecule has 0 aliphatic rings. The van der Waals surface area contributed by atoms with Crippen molar-refractivity contribution in [3.05, 3.63) is 29.3 Å². The number of ketones is 1. The van der Waals surface area contributed by atoms with Gasteiger partial charge in [0.25, 0.3) is 0 Å². The standard InChI is InChI=1S/C14H24N2O2.C9H18N2O.C5H10O.C2H6/c1-12-3-4-14(11-13(12)2)18-10-9-17-8-7-16-6-5-15;1-3-5-8(6-4-7-12)9(10)11-2;1-3-4-5(2)6;1-2/h3-4,11,16H,5-10,15H2,1-2H3;7-8H,3-6H2,1-2H3,(H2,10,11);3-4H2,1-2H3;1-2H3. The second-order valence-electron chi connectivity index (χ2n) is 8.58. The number of rotatable bonds is 17. The number of amidine groups is 1. The summed E-state index contributed by atoms with van der Waals surface area (Å²) in [5.41, 5.74) is 13.6. The highest BCUT2D eigenvalue weighted by Crippen LogP contribution is 2.16. The molecule has 8 nitrogen and oxygen atoms in total. The molecule has 1 atom stereocenters.